The first-order valence-corrected chi connectivity index (χ1v) is 13.7. The van der Waals surface area contributed by atoms with Crippen LogP contribution in [0.2, 0.25) is 5.02 Å². The van der Waals surface area contributed by atoms with E-state index >= 15 is 0 Å². The van der Waals surface area contributed by atoms with Gasteiger partial charge in [0.15, 0.2) is 11.5 Å². The van der Waals surface area contributed by atoms with Crippen molar-refractivity contribution in [3.8, 4) is 11.5 Å². The number of carbonyl (C=O) groups excluding carboxylic acids is 1. The summed E-state index contributed by atoms with van der Waals surface area (Å²) in [7, 11) is 0. The highest BCUT2D eigenvalue weighted by Crippen LogP contribution is 2.37. The summed E-state index contributed by atoms with van der Waals surface area (Å²) in [5.74, 6) is 1.20. The van der Waals surface area contributed by atoms with Crippen molar-refractivity contribution in [1.29, 1.82) is 0 Å². The molecule has 11 heteroatoms. The summed E-state index contributed by atoms with van der Waals surface area (Å²) in [5.41, 5.74) is 0.610. The van der Waals surface area contributed by atoms with Gasteiger partial charge in [-0.25, -0.2) is 14.4 Å². The molecule has 2 N–H and O–H groups in total. The highest BCUT2D eigenvalue weighted by atomic mass is 35.5. The molecule has 1 saturated carbocycles. The van der Waals surface area contributed by atoms with E-state index in [0.717, 1.165) is 12.8 Å². The summed E-state index contributed by atoms with van der Waals surface area (Å²) in [5, 5.41) is 13.8. The lowest BCUT2D eigenvalue weighted by molar-refractivity contribution is -0.156. The number of fused-ring (bicyclic) bond motifs is 1. The van der Waals surface area contributed by atoms with Crippen molar-refractivity contribution >= 4 is 40.0 Å². The molecule has 1 atom stereocenters. The van der Waals surface area contributed by atoms with E-state index in [4.69, 9.17) is 25.8 Å². The molecule has 1 aromatic heterocycles. The van der Waals surface area contributed by atoms with E-state index in [-0.39, 0.29) is 30.7 Å². The van der Waals surface area contributed by atoms with E-state index in [1.54, 1.807) is 24.0 Å². The highest BCUT2D eigenvalue weighted by Gasteiger charge is 2.24. The maximum Gasteiger partial charge on any atom is 0.320 e. The highest BCUT2D eigenvalue weighted by molar-refractivity contribution is 6.31. The number of benzene rings is 2. The molecular weight excluding hydrogens is 539 g/mol. The maximum atomic E-state index is 13.7. The molecule has 0 spiro atoms. The minimum absolute atomic E-state index is 0.00344. The van der Waals surface area contributed by atoms with Gasteiger partial charge in [0.25, 0.3) is 0 Å². The predicted octanol–water partition coefficient (Wildman–Crippen LogP) is 5.36. The second-order valence-electron chi connectivity index (χ2n) is 11.1. The molecule has 9 nitrogen and oxygen atoms in total. The van der Waals surface area contributed by atoms with Crippen molar-refractivity contribution in [2.45, 2.75) is 52.2 Å². The quantitative estimate of drug-likeness (QED) is 0.261. The van der Waals surface area contributed by atoms with Gasteiger partial charge in [-0.3, -0.25) is 9.69 Å². The molecule has 0 aliphatic heterocycles. The lowest BCUT2D eigenvalue weighted by Crippen LogP contribution is -2.40. The molecule has 4 rings (SSSR count). The van der Waals surface area contributed by atoms with Gasteiger partial charge in [0.1, 0.15) is 30.2 Å². The average molecular weight is 575 g/mol. The predicted molar refractivity (Wildman–Crippen MR) is 152 cm³/mol. The topological polar surface area (TPSA) is 106 Å². The Morgan fingerprint density at radius 2 is 1.95 bits per heavy atom. The van der Waals surface area contributed by atoms with E-state index in [1.807, 2.05) is 26.8 Å². The summed E-state index contributed by atoms with van der Waals surface area (Å²) in [4.78, 5) is 23.0. The van der Waals surface area contributed by atoms with E-state index < -0.39 is 17.5 Å². The third kappa shape index (κ3) is 8.90. The van der Waals surface area contributed by atoms with Crippen molar-refractivity contribution in [3.63, 3.8) is 0 Å². The number of anilines is 2. The summed E-state index contributed by atoms with van der Waals surface area (Å²) in [6.07, 6.45) is 3.08. The Morgan fingerprint density at radius 1 is 1.20 bits per heavy atom. The Bertz CT molecular complexity index is 1330. The number of ether oxygens (including phenoxy) is 3. The van der Waals surface area contributed by atoms with Crippen LogP contribution in [-0.2, 0) is 9.53 Å². The van der Waals surface area contributed by atoms with Gasteiger partial charge in [-0.2, -0.15) is 0 Å². The van der Waals surface area contributed by atoms with Crippen molar-refractivity contribution in [2.75, 3.05) is 38.2 Å². The summed E-state index contributed by atoms with van der Waals surface area (Å²) in [6, 6.07) is 7.95. The van der Waals surface area contributed by atoms with Crippen LogP contribution in [0.1, 0.15) is 40.5 Å². The molecule has 1 fully saturated rings. The normalized spacial score (nSPS) is 14.3. The molecule has 1 aliphatic rings. The smallest absolute Gasteiger partial charge is 0.320 e. The van der Waals surface area contributed by atoms with Crippen LogP contribution in [0.4, 0.5) is 15.9 Å². The number of nitrogens with zero attached hydrogens (tertiary/aromatic N) is 3. The van der Waals surface area contributed by atoms with Crippen LogP contribution in [-0.4, -0.2) is 70.5 Å². The number of halogens is 2. The number of aliphatic hydroxyl groups excluding tert-OH is 1. The first-order chi connectivity index (χ1) is 19.0. The largest absolute Gasteiger partial charge is 0.489 e. The monoisotopic (exact) mass is 574 g/mol. The molecule has 0 saturated heterocycles. The lowest BCUT2D eigenvalue weighted by Gasteiger charge is -2.26. The fourth-order valence-corrected chi connectivity index (χ4v) is 4.22. The Balaban J connectivity index is 1.54. The van der Waals surface area contributed by atoms with Gasteiger partial charge in [0, 0.05) is 30.2 Å². The number of carbonyl (C=O) groups is 1. The Hall–Kier alpha value is -3.21. The molecule has 3 aromatic rings. The second-order valence-corrected chi connectivity index (χ2v) is 11.5. The van der Waals surface area contributed by atoms with Crippen molar-refractivity contribution in [3.05, 3.63) is 47.5 Å². The fraction of sp³-hybridized carbons (Fsp3) is 0.483. The van der Waals surface area contributed by atoms with Crippen LogP contribution < -0.4 is 14.8 Å². The first-order valence-electron chi connectivity index (χ1n) is 13.4. The third-order valence-electron chi connectivity index (χ3n) is 6.01. The van der Waals surface area contributed by atoms with Gasteiger partial charge in [-0.15, -0.1) is 0 Å². The van der Waals surface area contributed by atoms with E-state index in [1.165, 1.54) is 18.5 Å². The summed E-state index contributed by atoms with van der Waals surface area (Å²) < 4.78 is 31.4. The van der Waals surface area contributed by atoms with Gasteiger partial charge in [0.2, 0.25) is 0 Å². The zero-order valence-electron chi connectivity index (χ0n) is 23.2. The SMILES string of the molecule is C[C@H](O)CN(CCOc1cc2c(Nc3ccc(F)c(Cl)c3)ncnc2cc1OCC1CC1)CC(=O)OC(C)(C)C. The molecule has 40 heavy (non-hydrogen) atoms. The number of rotatable bonds is 13. The van der Waals surface area contributed by atoms with Crippen LogP contribution in [0, 0.1) is 11.7 Å². The molecule has 2 aromatic carbocycles. The first kappa shape index (κ1) is 29.8. The Morgan fingerprint density at radius 3 is 2.62 bits per heavy atom. The molecule has 216 valence electrons. The number of aromatic nitrogens is 2. The van der Waals surface area contributed by atoms with Gasteiger partial charge in [0.05, 0.1) is 29.8 Å². The number of aliphatic hydroxyl groups is 1. The van der Waals surface area contributed by atoms with Crippen LogP contribution in [0.5, 0.6) is 11.5 Å². The Labute approximate surface area is 238 Å². The maximum absolute atomic E-state index is 13.7. The van der Waals surface area contributed by atoms with Gasteiger partial charge >= 0.3 is 5.97 Å². The van der Waals surface area contributed by atoms with Crippen molar-refractivity contribution in [1.82, 2.24) is 14.9 Å². The van der Waals surface area contributed by atoms with Crippen LogP contribution >= 0.6 is 11.6 Å². The minimum Gasteiger partial charge on any atom is -0.489 e. The number of hydrogen-bond donors (Lipinski definition) is 2. The molecule has 0 unspecified atom stereocenters. The number of esters is 1. The summed E-state index contributed by atoms with van der Waals surface area (Å²) >= 11 is 5.95. The molecule has 0 amide bonds. The molecule has 0 radical (unpaired) electrons. The lowest BCUT2D eigenvalue weighted by atomic mass is 10.2. The zero-order valence-corrected chi connectivity index (χ0v) is 24.0. The minimum atomic E-state index is -0.633. The van der Waals surface area contributed by atoms with E-state index in [9.17, 15) is 14.3 Å². The molecule has 0 bridgehead atoms. The van der Waals surface area contributed by atoms with Crippen LogP contribution in [0.25, 0.3) is 10.9 Å². The third-order valence-corrected chi connectivity index (χ3v) is 6.30. The van der Waals surface area contributed by atoms with Crippen molar-refractivity contribution < 1.29 is 28.5 Å². The zero-order chi connectivity index (χ0) is 28.9. The summed E-state index contributed by atoms with van der Waals surface area (Å²) in [6.45, 7) is 8.59. The van der Waals surface area contributed by atoms with Gasteiger partial charge in [-0.1, -0.05) is 11.6 Å². The number of nitrogens with one attached hydrogen (secondary N) is 1. The number of hydrogen-bond acceptors (Lipinski definition) is 9. The van der Waals surface area contributed by atoms with E-state index in [0.29, 0.717) is 53.0 Å². The standard InChI is InChI=1S/C29H36ClFN4O5/c1-18(36)14-35(15-27(37)40-29(2,3)4)9-10-38-25-12-21-24(13-26(25)39-16-19-5-6-19)32-17-33-28(21)34-20-7-8-23(31)22(30)11-20/h7-8,11-13,17-19,36H,5-6,9-10,14-16H2,1-4H3,(H,32,33,34)/t18-/m0/s1. The van der Waals surface area contributed by atoms with E-state index in [2.05, 4.69) is 15.3 Å². The molecule has 1 aliphatic carbocycles. The fourth-order valence-electron chi connectivity index (χ4n) is 4.04. The molecular formula is C29H36ClFN4O5. The van der Waals surface area contributed by atoms with Gasteiger partial charge < -0.3 is 24.6 Å². The second kappa shape index (κ2) is 13.0. The van der Waals surface area contributed by atoms with Crippen molar-refractivity contribution in [2.24, 2.45) is 5.92 Å². The Kier molecular flexibility index (Phi) is 9.65. The van der Waals surface area contributed by atoms with Crippen LogP contribution in [0.15, 0.2) is 36.7 Å². The van der Waals surface area contributed by atoms with Gasteiger partial charge in [-0.05, 0) is 70.7 Å². The molecule has 1 heterocycles. The average Bonchev–Trinajstić information content (AvgIpc) is 3.68. The van der Waals surface area contributed by atoms with Crippen LogP contribution in [0.3, 0.4) is 0 Å².